The maximum absolute atomic E-state index is 13.4. The van der Waals surface area contributed by atoms with Crippen LogP contribution in [0.3, 0.4) is 0 Å². The van der Waals surface area contributed by atoms with E-state index in [1.807, 2.05) is 30.3 Å². The molecule has 1 heterocycles. The average molecular weight is 671 g/mol. The molecule has 0 amide bonds. The first-order chi connectivity index (χ1) is 20.5. The van der Waals surface area contributed by atoms with Crippen LogP contribution in [0.1, 0.15) is 36.5 Å². The van der Waals surface area contributed by atoms with Gasteiger partial charge in [-0.3, -0.25) is 0 Å². The van der Waals surface area contributed by atoms with Crippen molar-refractivity contribution in [1.29, 1.82) is 0 Å². The molecule has 2 atom stereocenters. The fraction of sp³-hybridized carbons (Fsp3) is 0.286. The van der Waals surface area contributed by atoms with Gasteiger partial charge in [0.15, 0.2) is 0 Å². The Morgan fingerprint density at radius 2 is 1.64 bits per heavy atom. The Bertz CT molecular complexity index is 1730. The summed E-state index contributed by atoms with van der Waals surface area (Å²) in [7, 11) is -8.68. The summed E-state index contributed by atoms with van der Waals surface area (Å²) in [5.74, 6) is -0.893. The topological polar surface area (TPSA) is 146 Å². The fourth-order valence-corrected chi connectivity index (χ4v) is 6.32. The minimum absolute atomic E-state index is 0.130. The van der Waals surface area contributed by atoms with Gasteiger partial charge in [-0.2, -0.15) is 39.8 Å². The zero-order valence-corrected chi connectivity index (χ0v) is 25.9. The van der Waals surface area contributed by atoms with Gasteiger partial charge < -0.3 is 5.32 Å². The average Bonchev–Trinajstić information content (AvgIpc) is 3.40. The quantitative estimate of drug-likeness (QED) is 0.228. The van der Waals surface area contributed by atoms with Gasteiger partial charge in [-0.25, -0.2) is 10.1 Å². The lowest BCUT2D eigenvalue weighted by Crippen LogP contribution is -2.50. The van der Waals surface area contributed by atoms with E-state index in [9.17, 15) is 30.0 Å². The Morgan fingerprint density at radius 3 is 2.18 bits per heavy atom. The Morgan fingerprint density at radius 1 is 1.02 bits per heavy atom. The number of rotatable bonds is 9. The number of nitrogens with one attached hydrogen (secondary N) is 2. The van der Waals surface area contributed by atoms with Gasteiger partial charge >= 0.3 is 6.18 Å². The van der Waals surface area contributed by atoms with Gasteiger partial charge in [-0.15, -0.1) is 4.40 Å². The number of alkyl halides is 3. The molecule has 0 unspecified atom stereocenters. The second kappa shape index (κ2) is 13.2. The van der Waals surface area contributed by atoms with E-state index >= 15 is 0 Å². The maximum Gasteiger partial charge on any atom is 0.416 e. The van der Waals surface area contributed by atoms with Crippen molar-refractivity contribution in [3.05, 3.63) is 101 Å². The summed E-state index contributed by atoms with van der Waals surface area (Å²) in [4.78, 5) is -0.478. The Kier molecular flexibility index (Phi) is 10.0. The molecule has 0 aliphatic carbocycles. The molecule has 4 rings (SSSR count). The summed E-state index contributed by atoms with van der Waals surface area (Å²) in [6.07, 6.45) is -4.66. The maximum atomic E-state index is 13.4. The summed E-state index contributed by atoms with van der Waals surface area (Å²) >= 11 is 6.09. The van der Waals surface area contributed by atoms with Crippen molar-refractivity contribution in [3.8, 4) is 0 Å². The second-order valence-corrected chi connectivity index (χ2v) is 13.7. The summed E-state index contributed by atoms with van der Waals surface area (Å²) in [6.45, 7) is 3.45. The smallest absolute Gasteiger partial charge is 0.352 e. The molecule has 0 spiro atoms. The van der Waals surface area contributed by atoms with E-state index in [0.717, 1.165) is 17.7 Å². The van der Waals surface area contributed by atoms with Crippen LogP contribution in [0, 0.1) is 5.92 Å². The molecule has 0 fully saturated rings. The van der Waals surface area contributed by atoms with Crippen LogP contribution in [-0.2, 0) is 26.4 Å². The number of halogens is 4. The van der Waals surface area contributed by atoms with E-state index in [1.165, 1.54) is 5.01 Å². The number of nitrogens with two attached hydrogens (primary N) is 1. The molecule has 10 nitrogen and oxygen atoms in total. The SMILES string of the molecule is CC(C)[C@@H](CN/C(=N\S(=O)(=O)c1ccc(C(F)(F)F)cc1)N1C[C@H](c2ccccc2)C(c2ccc(Cl)cc2)=N1)NS(N)(=O)=O. The predicted molar refractivity (Wildman–Crippen MR) is 163 cm³/mol. The first-order valence-corrected chi connectivity index (χ1v) is 16.6. The molecule has 16 heteroatoms. The van der Waals surface area contributed by atoms with E-state index < -0.39 is 42.9 Å². The number of sulfonamides is 1. The van der Waals surface area contributed by atoms with Gasteiger partial charge in [-0.1, -0.05) is 67.9 Å². The molecule has 3 aromatic rings. The molecule has 44 heavy (non-hydrogen) atoms. The van der Waals surface area contributed by atoms with Crippen LogP contribution in [0.2, 0.25) is 5.02 Å². The number of benzene rings is 3. The number of hydrogen-bond donors (Lipinski definition) is 3. The fourth-order valence-electron chi connectivity index (χ4n) is 4.44. The van der Waals surface area contributed by atoms with Crippen molar-refractivity contribution in [3.63, 3.8) is 0 Å². The van der Waals surface area contributed by atoms with E-state index in [0.29, 0.717) is 28.4 Å². The Hall–Kier alpha value is -3.50. The lowest BCUT2D eigenvalue weighted by atomic mass is 9.91. The number of hydrogen-bond acceptors (Lipinski definition) is 5. The van der Waals surface area contributed by atoms with Crippen molar-refractivity contribution in [1.82, 2.24) is 15.0 Å². The van der Waals surface area contributed by atoms with Crippen molar-refractivity contribution in [2.75, 3.05) is 13.1 Å². The Balaban J connectivity index is 1.78. The minimum Gasteiger partial charge on any atom is -0.352 e. The molecule has 3 aromatic carbocycles. The lowest BCUT2D eigenvalue weighted by molar-refractivity contribution is -0.137. The van der Waals surface area contributed by atoms with E-state index in [-0.39, 0.29) is 30.9 Å². The van der Waals surface area contributed by atoms with Gasteiger partial charge in [0.1, 0.15) is 0 Å². The highest BCUT2D eigenvalue weighted by Gasteiger charge is 2.34. The monoisotopic (exact) mass is 670 g/mol. The van der Waals surface area contributed by atoms with Crippen LogP contribution in [0.5, 0.6) is 0 Å². The first kappa shape index (κ1) is 33.4. The third-order valence-corrected chi connectivity index (χ3v) is 8.95. The van der Waals surface area contributed by atoms with Crippen molar-refractivity contribution < 1.29 is 30.0 Å². The molecule has 0 saturated heterocycles. The van der Waals surface area contributed by atoms with E-state index in [4.69, 9.17) is 21.8 Å². The van der Waals surface area contributed by atoms with Crippen LogP contribution in [0.15, 0.2) is 93.3 Å². The van der Waals surface area contributed by atoms with Gasteiger partial charge in [-0.05, 0) is 53.4 Å². The molecule has 4 N–H and O–H groups in total. The van der Waals surface area contributed by atoms with Gasteiger partial charge in [0.2, 0.25) is 5.96 Å². The number of nitrogens with zero attached hydrogens (tertiary/aromatic N) is 3. The summed E-state index contributed by atoms with van der Waals surface area (Å²) in [5, 5.41) is 14.6. The molecule has 0 bridgehead atoms. The van der Waals surface area contributed by atoms with Crippen LogP contribution < -0.4 is 15.2 Å². The standard InChI is InChI=1S/C28H30ClF3N6O4S2/c1-18(2)25(36-44(33,41)42)16-34-27(37-43(39,40)23-14-10-21(11-15-23)28(30,31)32)38-17-24(19-6-4-3-5-7-19)26(35-38)20-8-12-22(29)13-9-20/h3-15,18,24-25,36H,16-17H2,1-2H3,(H,34,37)(H2,33,41,42)/t24-,25-/m1/s1. The van der Waals surface area contributed by atoms with Gasteiger partial charge in [0, 0.05) is 23.5 Å². The van der Waals surface area contributed by atoms with Crippen LogP contribution >= 0.6 is 11.6 Å². The lowest BCUT2D eigenvalue weighted by Gasteiger charge is -2.25. The molecule has 1 aliphatic heterocycles. The number of hydrazone groups is 1. The highest BCUT2D eigenvalue weighted by molar-refractivity contribution is 7.90. The van der Waals surface area contributed by atoms with Gasteiger partial charge in [0.25, 0.3) is 20.2 Å². The van der Waals surface area contributed by atoms with Crippen molar-refractivity contribution >= 4 is 43.5 Å². The molecule has 0 aromatic heterocycles. The third kappa shape index (κ3) is 8.57. The van der Waals surface area contributed by atoms with Crippen molar-refractivity contribution in [2.24, 2.45) is 20.6 Å². The van der Waals surface area contributed by atoms with E-state index in [2.05, 4.69) is 14.4 Å². The molecule has 0 radical (unpaired) electrons. The Labute approximate surface area is 259 Å². The summed E-state index contributed by atoms with van der Waals surface area (Å²) in [5.41, 5.74) is 1.16. The number of guanidine groups is 1. The zero-order valence-electron chi connectivity index (χ0n) is 23.5. The third-order valence-electron chi connectivity index (χ3n) is 6.79. The largest absolute Gasteiger partial charge is 0.416 e. The molecule has 236 valence electrons. The summed E-state index contributed by atoms with van der Waals surface area (Å²) in [6, 6.07) is 18.4. The van der Waals surface area contributed by atoms with E-state index in [1.54, 1.807) is 38.1 Å². The minimum atomic E-state index is -4.66. The molecular weight excluding hydrogens is 641 g/mol. The van der Waals surface area contributed by atoms with Crippen LogP contribution in [0.25, 0.3) is 0 Å². The first-order valence-electron chi connectivity index (χ1n) is 13.3. The molecule has 0 saturated carbocycles. The second-order valence-electron chi connectivity index (χ2n) is 10.3. The van der Waals surface area contributed by atoms with Crippen molar-refractivity contribution in [2.45, 2.75) is 36.9 Å². The normalized spacial score (nSPS) is 17.1. The predicted octanol–water partition coefficient (Wildman–Crippen LogP) is 4.31. The highest BCUT2D eigenvalue weighted by atomic mass is 35.5. The molecule has 1 aliphatic rings. The van der Waals surface area contributed by atoms with Crippen LogP contribution in [0.4, 0.5) is 13.2 Å². The van der Waals surface area contributed by atoms with Gasteiger partial charge in [0.05, 0.1) is 22.7 Å². The highest BCUT2D eigenvalue weighted by Crippen LogP contribution is 2.31. The van der Waals surface area contributed by atoms with Crippen LogP contribution in [-0.4, -0.2) is 52.6 Å². The zero-order chi connectivity index (χ0) is 32.3. The molecular formula is C28H30ClF3N6O4S2. The summed E-state index contributed by atoms with van der Waals surface area (Å²) < 4.78 is 95.8.